The molecule has 1 heterocycles. The van der Waals surface area contributed by atoms with Gasteiger partial charge in [-0.3, -0.25) is 0 Å². The number of hydrogen-bond acceptors (Lipinski definition) is 5. The molecule has 0 atom stereocenters. The summed E-state index contributed by atoms with van der Waals surface area (Å²) < 4.78 is 22.6. The maximum absolute atomic E-state index is 11.3. The molecule has 0 saturated carbocycles. The summed E-state index contributed by atoms with van der Waals surface area (Å²) in [5.74, 6) is 0.574. The first-order valence-electron chi connectivity index (χ1n) is 6.42. The van der Waals surface area contributed by atoms with Gasteiger partial charge < -0.3 is 4.89 Å². The first kappa shape index (κ1) is 14.9. The van der Waals surface area contributed by atoms with Crippen LogP contribution in [-0.4, -0.2) is 8.42 Å². The van der Waals surface area contributed by atoms with Crippen molar-refractivity contribution in [2.45, 2.75) is 11.8 Å². The van der Waals surface area contributed by atoms with Gasteiger partial charge in [0.1, 0.15) is 5.70 Å². The predicted octanol–water partition coefficient (Wildman–Crippen LogP) is 3.69. The van der Waals surface area contributed by atoms with Crippen LogP contribution in [-0.2, 0) is 18.9 Å². The number of rotatable bonds is 3. The molecule has 2 aromatic rings. The van der Waals surface area contributed by atoms with E-state index < -0.39 is 9.05 Å². The summed E-state index contributed by atoms with van der Waals surface area (Å²) in [7, 11) is 1.58. The van der Waals surface area contributed by atoms with E-state index in [1.54, 1.807) is 24.1 Å². The van der Waals surface area contributed by atoms with Gasteiger partial charge in [0.25, 0.3) is 9.05 Å². The molecule has 0 spiro atoms. The number of anilines is 1. The maximum atomic E-state index is 11.3. The van der Waals surface area contributed by atoms with Crippen LogP contribution in [0.2, 0.25) is 0 Å². The second kappa shape index (κ2) is 5.64. The molecular formula is C15H12ClNO4S. The van der Waals surface area contributed by atoms with Crippen molar-refractivity contribution in [2.24, 2.45) is 0 Å². The Morgan fingerprint density at radius 1 is 1.00 bits per heavy atom. The normalized spacial score (nSPS) is 15.1. The molecule has 5 nitrogen and oxygen atoms in total. The van der Waals surface area contributed by atoms with Gasteiger partial charge in [-0.15, -0.1) is 0 Å². The van der Waals surface area contributed by atoms with Gasteiger partial charge >= 0.3 is 0 Å². The minimum atomic E-state index is -3.74. The number of benzene rings is 2. The molecule has 2 aromatic carbocycles. The summed E-state index contributed by atoms with van der Waals surface area (Å²) in [5, 5.41) is 1.54. The standard InChI is InChI=1S/C15H12ClNO4S/c1-11-15(12-7-9-14(10-8-12)22(16,18)19)17(21-20-11)13-5-3-2-4-6-13/h2-10H,1H3. The van der Waals surface area contributed by atoms with E-state index in [1.807, 2.05) is 30.3 Å². The van der Waals surface area contributed by atoms with Crippen LogP contribution in [0.4, 0.5) is 5.69 Å². The average molecular weight is 338 g/mol. The molecule has 0 N–H and O–H groups in total. The zero-order valence-corrected chi connectivity index (χ0v) is 13.1. The van der Waals surface area contributed by atoms with Crippen LogP contribution in [0.15, 0.2) is 65.3 Å². The molecule has 1 aliphatic rings. The van der Waals surface area contributed by atoms with E-state index in [-0.39, 0.29) is 4.90 Å². The van der Waals surface area contributed by atoms with Crippen molar-refractivity contribution in [1.82, 2.24) is 0 Å². The van der Waals surface area contributed by atoms with E-state index in [0.29, 0.717) is 11.5 Å². The van der Waals surface area contributed by atoms with Crippen molar-refractivity contribution in [3.8, 4) is 0 Å². The molecule has 0 fully saturated rings. The Morgan fingerprint density at radius 2 is 1.64 bits per heavy atom. The van der Waals surface area contributed by atoms with Crippen LogP contribution in [0, 0.1) is 0 Å². The molecule has 114 valence electrons. The summed E-state index contributed by atoms with van der Waals surface area (Å²) in [5.41, 5.74) is 2.25. The minimum Gasteiger partial charge on any atom is -0.316 e. The number of para-hydroxylation sites is 1. The lowest BCUT2D eigenvalue weighted by atomic mass is 10.1. The van der Waals surface area contributed by atoms with Crippen molar-refractivity contribution >= 4 is 31.1 Å². The molecule has 0 bridgehead atoms. The van der Waals surface area contributed by atoms with Crippen molar-refractivity contribution in [2.75, 3.05) is 5.06 Å². The van der Waals surface area contributed by atoms with Crippen LogP contribution < -0.4 is 5.06 Å². The fourth-order valence-corrected chi connectivity index (χ4v) is 2.91. The molecule has 0 aliphatic carbocycles. The van der Waals surface area contributed by atoms with Crippen LogP contribution >= 0.6 is 10.7 Å². The van der Waals surface area contributed by atoms with Gasteiger partial charge in [-0.05, 0) is 31.2 Å². The summed E-state index contributed by atoms with van der Waals surface area (Å²) in [6, 6.07) is 15.6. The number of allylic oxidation sites excluding steroid dienone is 1. The number of hydrogen-bond donors (Lipinski definition) is 0. The van der Waals surface area contributed by atoms with E-state index in [4.69, 9.17) is 20.6 Å². The molecule has 0 unspecified atom stereocenters. The first-order valence-corrected chi connectivity index (χ1v) is 8.73. The van der Waals surface area contributed by atoms with Crippen molar-refractivity contribution in [3.63, 3.8) is 0 Å². The Balaban J connectivity index is 2.00. The van der Waals surface area contributed by atoms with Gasteiger partial charge in [0.15, 0.2) is 5.76 Å². The molecule has 7 heteroatoms. The van der Waals surface area contributed by atoms with Gasteiger partial charge in [0, 0.05) is 16.2 Å². The van der Waals surface area contributed by atoms with Gasteiger partial charge in [-0.2, -0.15) is 5.06 Å². The molecule has 0 radical (unpaired) electrons. The van der Waals surface area contributed by atoms with Gasteiger partial charge in [0.2, 0.25) is 0 Å². The molecular weight excluding hydrogens is 326 g/mol. The summed E-state index contributed by atoms with van der Waals surface area (Å²) >= 11 is 0. The van der Waals surface area contributed by atoms with Gasteiger partial charge in [0.05, 0.1) is 10.6 Å². The summed E-state index contributed by atoms with van der Waals surface area (Å²) in [4.78, 5) is 10.4. The molecule has 0 aromatic heterocycles. The third-order valence-corrected chi connectivity index (χ3v) is 4.54. The van der Waals surface area contributed by atoms with Crippen molar-refractivity contribution in [3.05, 3.63) is 65.9 Å². The Labute approximate surface area is 132 Å². The van der Waals surface area contributed by atoms with E-state index in [1.165, 1.54) is 12.1 Å². The van der Waals surface area contributed by atoms with Crippen LogP contribution in [0.25, 0.3) is 5.70 Å². The maximum Gasteiger partial charge on any atom is 0.261 e. The van der Waals surface area contributed by atoms with Crippen LogP contribution in [0.5, 0.6) is 0 Å². The average Bonchev–Trinajstić information content (AvgIpc) is 2.89. The Hall–Kier alpha value is -2.02. The molecule has 3 rings (SSSR count). The van der Waals surface area contributed by atoms with Gasteiger partial charge in [-0.1, -0.05) is 35.3 Å². The Kier molecular flexibility index (Phi) is 3.82. The molecule has 1 aliphatic heterocycles. The predicted molar refractivity (Wildman–Crippen MR) is 83.2 cm³/mol. The van der Waals surface area contributed by atoms with Gasteiger partial charge in [-0.25, -0.2) is 8.42 Å². The highest BCUT2D eigenvalue weighted by molar-refractivity contribution is 8.13. The minimum absolute atomic E-state index is 0.0438. The van der Waals surface area contributed by atoms with E-state index in [2.05, 4.69) is 0 Å². The third kappa shape index (κ3) is 2.81. The first-order chi connectivity index (χ1) is 10.5. The Morgan fingerprint density at radius 3 is 2.23 bits per heavy atom. The fourth-order valence-electron chi connectivity index (χ4n) is 2.14. The fraction of sp³-hybridized carbons (Fsp3) is 0.0667. The quantitative estimate of drug-likeness (QED) is 0.631. The second-order valence-electron chi connectivity index (χ2n) is 4.65. The highest BCUT2D eigenvalue weighted by Gasteiger charge is 2.27. The van der Waals surface area contributed by atoms with Crippen molar-refractivity contribution < 1.29 is 18.3 Å². The lowest BCUT2D eigenvalue weighted by molar-refractivity contribution is -0.244. The summed E-state index contributed by atoms with van der Waals surface area (Å²) in [6.07, 6.45) is 0. The second-order valence-corrected chi connectivity index (χ2v) is 7.22. The summed E-state index contributed by atoms with van der Waals surface area (Å²) in [6.45, 7) is 1.77. The highest BCUT2D eigenvalue weighted by Crippen LogP contribution is 2.35. The largest absolute Gasteiger partial charge is 0.316 e. The molecule has 22 heavy (non-hydrogen) atoms. The van der Waals surface area contributed by atoms with E-state index in [9.17, 15) is 8.42 Å². The van der Waals surface area contributed by atoms with E-state index >= 15 is 0 Å². The molecule has 0 amide bonds. The van der Waals surface area contributed by atoms with Crippen molar-refractivity contribution in [1.29, 1.82) is 0 Å². The zero-order valence-electron chi connectivity index (χ0n) is 11.6. The number of nitrogens with zero attached hydrogens (tertiary/aromatic N) is 1. The third-order valence-electron chi connectivity index (χ3n) is 3.17. The molecule has 0 saturated heterocycles. The Bertz CT molecular complexity index is 816. The lowest BCUT2D eigenvalue weighted by Gasteiger charge is -2.17. The topological polar surface area (TPSA) is 55.8 Å². The van der Waals surface area contributed by atoms with E-state index in [0.717, 1.165) is 11.3 Å². The lowest BCUT2D eigenvalue weighted by Crippen LogP contribution is -2.16. The number of halogens is 1. The smallest absolute Gasteiger partial charge is 0.261 e. The van der Waals surface area contributed by atoms with Crippen LogP contribution in [0.3, 0.4) is 0 Å². The monoisotopic (exact) mass is 337 g/mol. The number of hydroxylamine groups is 1. The SMILES string of the molecule is CC1=C(c2ccc(S(=O)(=O)Cl)cc2)N(c2ccccc2)OO1. The highest BCUT2D eigenvalue weighted by atomic mass is 35.7. The van der Waals surface area contributed by atoms with Crippen LogP contribution in [0.1, 0.15) is 12.5 Å². The zero-order chi connectivity index (χ0) is 15.7.